The van der Waals surface area contributed by atoms with Gasteiger partial charge in [-0.15, -0.1) is 0 Å². The maximum atomic E-state index is 13.4. The number of carbonyl (C=O) groups is 1. The van der Waals surface area contributed by atoms with E-state index in [1.807, 2.05) is 0 Å². The third kappa shape index (κ3) is 3.66. The van der Waals surface area contributed by atoms with Crippen LogP contribution in [0.15, 0.2) is 18.2 Å². The van der Waals surface area contributed by atoms with Gasteiger partial charge in [-0.3, -0.25) is 4.79 Å². The van der Waals surface area contributed by atoms with Gasteiger partial charge in [0, 0.05) is 24.2 Å². The zero-order valence-electron chi connectivity index (χ0n) is 9.43. The van der Waals surface area contributed by atoms with Crippen molar-refractivity contribution in [2.75, 3.05) is 12.8 Å². The van der Waals surface area contributed by atoms with Crippen molar-refractivity contribution in [3.8, 4) is 0 Å². The molecule has 0 aliphatic carbocycles. The highest BCUT2D eigenvalue weighted by Crippen LogP contribution is 2.21. The Morgan fingerprint density at radius 2 is 2.11 bits per heavy atom. The fraction of sp³-hybridized carbons (Fsp3) is 0.300. The van der Waals surface area contributed by atoms with Gasteiger partial charge in [-0.1, -0.05) is 17.7 Å². The molecule has 0 spiro atoms. The minimum absolute atomic E-state index is 0.00984. The maximum Gasteiger partial charge on any atom is 0.320 e. The summed E-state index contributed by atoms with van der Waals surface area (Å²) in [4.78, 5) is 10.4. The fourth-order valence-electron chi connectivity index (χ4n) is 1.27. The number of rotatable bonds is 5. The first-order valence-electron chi connectivity index (χ1n) is 4.82. The molecular formula is C10H11ClFNO4S. The molecule has 100 valence electrons. The molecule has 0 aliphatic heterocycles. The number of halogens is 2. The summed E-state index contributed by atoms with van der Waals surface area (Å²) in [7, 11) is -2.82. The van der Waals surface area contributed by atoms with Crippen LogP contribution >= 0.6 is 11.6 Å². The lowest BCUT2D eigenvalue weighted by molar-refractivity contribution is -0.134. The Morgan fingerprint density at radius 1 is 1.50 bits per heavy atom. The molecule has 0 bridgehead atoms. The van der Waals surface area contributed by atoms with E-state index >= 15 is 0 Å². The molecule has 0 atom stereocenters. The number of benzene rings is 1. The van der Waals surface area contributed by atoms with E-state index in [4.69, 9.17) is 16.7 Å². The van der Waals surface area contributed by atoms with E-state index < -0.39 is 27.6 Å². The van der Waals surface area contributed by atoms with Crippen LogP contribution in [0.2, 0.25) is 5.02 Å². The van der Waals surface area contributed by atoms with Crippen molar-refractivity contribution in [3.63, 3.8) is 0 Å². The summed E-state index contributed by atoms with van der Waals surface area (Å²) in [5.41, 5.74) is 0.00984. The van der Waals surface area contributed by atoms with E-state index in [-0.39, 0.29) is 17.1 Å². The summed E-state index contributed by atoms with van der Waals surface area (Å²) in [6.07, 6.45) is 0. The van der Waals surface area contributed by atoms with Crippen LogP contribution in [0.5, 0.6) is 0 Å². The minimum atomic E-state index is -3.98. The molecule has 1 N–H and O–H groups in total. The van der Waals surface area contributed by atoms with Gasteiger partial charge in [0.15, 0.2) is 5.75 Å². The molecular weight excluding hydrogens is 285 g/mol. The number of aliphatic carboxylic acids is 1. The van der Waals surface area contributed by atoms with Crippen molar-refractivity contribution < 1.29 is 22.7 Å². The first kappa shape index (κ1) is 14.9. The summed E-state index contributed by atoms with van der Waals surface area (Å²) >= 11 is 5.75. The topological polar surface area (TPSA) is 74.7 Å². The highest BCUT2D eigenvalue weighted by molar-refractivity contribution is 7.89. The third-order valence-electron chi connectivity index (χ3n) is 2.22. The molecule has 0 saturated heterocycles. The molecule has 0 unspecified atom stereocenters. The minimum Gasteiger partial charge on any atom is -0.480 e. The van der Waals surface area contributed by atoms with Crippen molar-refractivity contribution in [3.05, 3.63) is 34.6 Å². The maximum absolute atomic E-state index is 13.4. The van der Waals surface area contributed by atoms with E-state index in [1.165, 1.54) is 19.2 Å². The van der Waals surface area contributed by atoms with Gasteiger partial charge >= 0.3 is 5.97 Å². The summed E-state index contributed by atoms with van der Waals surface area (Å²) in [5, 5.41) is 8.56. The van der Waals surface area contributed by atoms with Gasteiger partial charge in [-0.05, 0) is 12.1 Å². The molecule has 18 heavy (non-hydrogen) atoms. The summed E-state index contributed by atoms with van der Waals surface area (Å²) in [6.45, 7) is -0.318. The molecule has 0 amide bonds. The van der Waals surface area contributed by atoms with Crippen LogP contribution in [0.25, 0.3) is 0 Å². The summed E-state index contributed by atoms with van der Waals surface area (Å²) in [6, 6.07) is 3.98. The molecule has 0 aromatic heterocycles. The zero-order valence-corrected chi connectivity index (χ0v) is 11.0. The highest BCUT2D eigenvalue weighted by Gasteiger charge is 2.23. The predicted octanol–water partition coefficient (Wildman–Crippen LogP) is 1.33. The number of hydrogen-bond donors (Lipinski definition) is 1. The summed E-state index contributed by atoms with van der Waals surface area (Å²) in [5.74, 6) is -3.16. The van der Waals surface area contributed by atoms with Crippen LogP contribution in [-0.4, -0.2) is 36.6 Å². The molecule has 1 rings (SSSR count). The molecule has 0 saturated carbocycles. The van der Waals surface area contributed by atoms with Crippen LogP contribution in [-0.2, 0) is 21.4 Å². The second-order valence-corrected chi connectivity index (χ2v) is 6.09. The van der Waals surface area contributed by atoms with Crippen LogP contribution in [0.3, 0.4) is 0 Å². The lowest BCUT2D eigenvalue weighted by Crippen LogP contribution is -2.32. The SMILES string of the molecule is CN(Cc1c(F)cccc1Cl)S(=O)(=O)CC(=O)O. The third-order valence-corrected chi connectivity index (χ3v) is 4.27. The Hall–Kier alpha value is -1.18. The standard InChI is InChI=1S/C10H11ClFNO4S/c1-13(18(16,17)6-10(14)15)5-7-8(11)3-2-4-9(7)12/h2-4H,5-6H2,1H3,(H,14,15). The second-order valence-electron chi connectivity index (χ2n) is 3.61. The van der Waals surface area contributed by atoms with Crippen molar-refractivity contribution in [2.24, 2.45) is 0 Å². The van der Waals surface area contributed by atoms with Crippen molar-refractivity contribution in [2.45, 2.75) is 6.54 Å². The first-order valence-corrected chi connectivity index (χ1v) is 6.81. The normalized spacial score (nSPS) is 11.8. The Morgan fingerprint density at radius 3 is 2.61 bits per heavy atom. The van der Waals surface area contributed by atoms with Gasteiger partial charge in [0.25, 0.3) is 0 Å². The van der Waals surface area contributed by atoms with Gasteiger partial charge in [0.05, 0.1) is 0 Å². The second kappa shape index (κ2) is 5.64. The Kier molecular flexibility index (Phi) is 4.66. The van der Waals surface area contributed by atoms with Crippen LogP contribution < -0.4 is 0 Å². The quantitative estimate of drug-likeness (QED) is 0.889. The monoisotopic (exact) mass is 295 g/mol. The van der Waals surface area contributed by atoms with E-state index in [9.17, 15) is 17.6 Å². The predicted molar refractivity (Wildman–Crippen MR) is 64.3 cm³/mol. The van der Waals surface area contributed by atoms with Crippen molar-refractivity contribution in [1.29, 1.82) is 0 Å². The Bertz CT molecular complexity index is 541. The lowest BCUT2D eigenvalue weighted by atomic mass is 10.2. The van der Waals surface area contributed by atoms with Gasteiger partial charge in [-0.25, -0.2) is 12.8 Å². The molecule has 0 fully saturated rings. The average molecular weight is 296 g/mol. The number of sulfonamides is 1. The number of nitrogens with zero attached hydrogens (tertiary/aromatic N) is 1. The average Bonchev–Trinajstić information content (AvgIpc) is 2.21. The molecule has 5 nitrogen and oxygen atoms in total. The smallest absolute Gasteiger partial charge is 0.320 e. The van der Waals surface area contributed by atoms with E-state index in [1.54, 1.807) is 0 Å². The lowest BCUT2D eigenvalue weighted by Gasteiger charge is -2.17. The zero-order chi connectivity index (χ0) is 13.9. The molecule has 1 aromatic rings. The molecule has 8 heteroatoms. The summed E-state index contributed by atoms with van der Waals surface area (Å²) < 4.78 is 37.3. The van der Waals surface area contributed by atoms with Crippen LogP contribution in [0, 0.1) is 5.82 Å². The number of carboxylic acids is 1. The van der Waals surface area contributed by atoms with Crippen LogP contribution in [0.1, 0.15) is 5.56 Å². The van der Waals surface area contributed by atoms with E-state index in [0.717, 1.165) is 10.4 Å². The van der Waals surface area contributed by atoms with Gasteiger partial charge in [0.1, 0.15) is 5.82 Å². The van der Waals surface area contributed by atoms with Crippen molar-refractivity contribution >= 4 is 27.6 Å². The number of carboxylic acid groups (broad SMARTS) is 1. The first-order chi connectivity index (χ1) is 8.24. The van der Waals surface area contributed by atoms with Crippen LogP contribution in [0.4, 0.5) is 4.39 Å². The highest BCUT2D eigenvalue weighted by atomic mass is 35.5. The molecule has 0 heterocycles. The van der Waals surface area contributed by atoms with Gasteiger partial charge < -0.3 is 5.11 Å². The Balaban J connectivity index is 2.95. The molecule has 0 radical (unpaired) electrons. The molecule has 0 aliphatic rings. The van der Waals surface area contributed by atoms with E-state index in [0.29, 0.717) is 0 Å². The van der Waals surface area contributed by atoms with Crippen molar-refractivity contribution in [1.82, 2.24) is 4.31 Å². The molecule has 1 aromatic carbocycles. The Labute approximate surface area is 109 Å². The van der Waals surface area contributed by atoms with E-state index in [2.05, 4.69) is 0 Å². The van der Waals surface area contributed by atoms with Gasteiger partial charge in [0.2, 0.25) is 10.0 Å². The number of hydrogen-bond acceptors (Lipinski definition) is 3. The fourth-order valence-corrected chi connectivity index (χ4v) is 2.35. The van der Waals surface area contributed by atoms with Gasteiger partial charge in [-0.2, -0.15) is 4.31 Å². The largest absolute Gasteiger partial charge is 0.480 e.